The van der Waals surface area contributed by atoms with Crippen molar-refractivity contribution in [1.82, 2.24) is 15.2 Å². The first kappa shape index (κ1) is 23.0. The van der Waals surface area contributed by atoms with E-state index in [1.165, 1.54) is 0 Å². The lowest BCUT2D eigenvalue weighted by atomic mass is 10.1. The lowest BCUT2D eigenvalue weighted by Gasteiger charge is -2.18. The number of carbonyl (C=O) groups excluding carboxylic acids is 1. The van der Waals surface area contributed by atoms with Crippen LogP contribution in [-0.2, 0) is 13.1 Å². The van der Waals surface area contributed by atoms with Crippen molar-refractivity contribution in [3.63, 3.8) is 0 Å². The summed E-state index contributed by atoms with van der Waals surface area (Å²) in [6, 6.07) is 15.6. The number of aromatic amines is 1. The molecule has 4 aromatic rings. The Morgan fingerprint density at radius 1 is 1.18 bits per heavy atom. The Morgan fingerprint density at radius 2 is 2.00 bits per heavy atom. The summed E-state index contributed by atoms with van der Waals surface area (Å²) in [4.78, 5) is 18.1. The molecule has 4 rings (SSSR count). The number of H-pyrrole nitrogens is 1. The fraction of sp³-hybridized carbons (Fsp3) is 0.269. The predicted molar refractivity (Wildman–Crippen MR) is 131 cm³/mol. The largest absolute Gasteiger partial charge is 0.489 e. The van der Waals surface area contributed by atoms with Gasteiger partial charge in [0.15, 0.2) is 0 Å². The lowest BCUT2D eigenvalue weighted by Crippen LogP contribution is -2.34. The molecule has 1 atom stereocenters. The molecule has 0 saturated carbocycles. The predicted octanol–water partition coefficient (Wildman–Crippen LogP) is 5.55. The molecule has 2 N–H and O–H groups in total. The molecule has 0 spiro atoms. The van der Waals surface area contributed by atoms with Crippen LogP contribution in [-0.4, -0.2) is 35.5 Å². The number of ether oxygens (including phenoxy) is 1. The second-order valence-corrected chi connectivity index (χ2v) is 8.84. The molecular weight excluding hydrogens is 438 g/mol. The average Bonchev–Trinajstić information content (AvgIpc) is 3.40. The third-order valence-electron chi connectivity index (χ3n) is 5.52. The number of nitrogens with zero attached hydrogens (tertiary/aromatic N) is 1. The van der Waals surface area contributed by atoms with E-state index >= 15 is 0 Å². The summed E-state index contributed by atoms with van der Waals surface area (Å²) in [6.45, 7) is 5.84. The van der Waals surface area contributed by atoms with Crippen LogP contribution in [0.25, 0.3) is 10.9 Å². The maximum Gasteiger partial charge on any atom is 0.268 e. The van der Waals surface area contributed by atoms with Crippen LogP contribution in [0.1, 0.15) is 34.1 Å². The van der Waals surface area contributed by atoms with Gasteiger partial charge in [-0.25, -0.2) is 0 Å². The summed E-state index contributed by atoms with van der Waals surface area (Å²) < 4.78 is 11.2. The standard InChI is InChI=1S/C26H28ClN3O3/c1-17(13-28-26(31)25-18(2)23-12-21(27)7-8-24(23)29-25)33-22-6-4-5-19(11-22)14-30(3)15-20-9-10-32-16-20/h4-12,16-17,29H,13-15H2,1-3H3,(H,28,31)/t17-/m0/s1. The van der Waals surface area contributed by atoms with E-state index in [0.717, 1.165) is 46.4 Å². The highest BCUT2D eigenvalue weighted by molar-refractivity contribution is 6.31. The molecule has 1 amide bonds. The maximum absolute atomic E-state index is 12.7. The highest BCUT2D eigenvalue weighted by Gasteiger charge is 2.16. The number of hydrogen-bond donors (Lipinski definition) is 2. The molecule has 2 aromatic heterocycles. The van der Waals surface area contributed by atoms with Crippen LogP contribution < -0.4 is 10.1 Å². The number of benzene rings is 2. The van der Waals surface area contributed by atoms with Crippen LogP contribution in [0.2, 0.25) is 5.02 Å². The number of aryl methyl sites for hydroxylation is 1. The van der Waals surface area contributed by atoms with Crippen molar-refractivity contribution < 1.29 is 13.9 Å². The van der Waals surface area contributed by atoms with Gasteiger partial charge in [0.05, 0.1) is 19.1 Å². The van der Waals surface area contributed by atoms with Gasteiger partial charge >= 0.3 is 0 Å². The van der Waals surface area contributed by atoms with E-state index in [0.29, 0.717) is 17.3 Å². The van der Waals surface area contributed by atoms with Crippen LogP contribution in [0.4, 0.5) is 0 Å². The monoisotopic (exact) mass is 465 g/mol. The molecule has 0 saturated heterocycles. The molecule has 0 fully saturated rings. The first-order valence-corrected chi connectivity index (χ1v) is 11.3. The highest BCUT2D eigenvalue weighted by atomic mass is 35.5. The van der Waals surface area contributed by atoms with E-state index in [1.54, 1.807) is 18.6 Å². The molecule has 33 heavy (non-hydrogen) atoms. The van der Waals surface area contributed by atoms with Crippen LogP contribution in [0.3, 0.4) is 0 Å². The number of furan rings is 1. The number of carbonyl (C=O) groups is 1. The summed E-state index contributed by atoms with van der Waals surface area (Å²) >= 11 is 6.09. The van der Waals surface area contributed by atoms with Crippen LogP contribution >= 0.6 is 11.6 Å². The van der Waals surface area contributed by atoms with Crippen LogP contribution in [0.5, 0.6) is 5.75 Å². The third-order valence-corrected chi connectivity index (χ3v) is 5.75. The molecular formula is C26H28ClN3O3. The van der Waals surface area contributed by atoms with Crippen LogP contribution in [0, 0.1) is 6.92 Å². The van der Waals surface area contributed by atoms with E-state index in [4.69, 9.17) is 20.8 Å². The first-order valence-electron chi connectivity index (χ1n) is 10.9. The molecule has 172 valence electrons. The van der Waals surface area contributed by atoms with Gasteiger partial charge in [-0.05, 0) is 68.4 Å². The topological polar surface area (TPSA) is 70.5 Å². The fourth-order valence-corrected chi connectivity index (χ4v) is 4.08. The smallest absolute Gasteiger partial charge is 0.268 e. The number of fused-ring (bicyclic) bond motifs is 1. The van der Waals surface area contributed by atoms with Gasteiger partial charge in [-0.15, -0.1) is 0 Å². The van der Waals surface area contributed by atoms with Gasteiger partial charge in [0.25, 0.3) is 5.91 Å². The zero-order chi connectivity index (χ0) is 23.4. The van der Waals surface area contributed by atoms with Crippen molar-refractivity contribution in [2.75, 3.05) is 13.6 Å². The quantitative estimate of drug-likeness (QED) is 0.340. The van der Waals surface area contributed by atoms with Crippen molar-refractivity contribution in [2.24, 2.45) is 0 Å². The van der Waals surface area contributed by atoms with Gasteiger partial charge in [0.1, 0.15) is 17.5 Å². The molecule has 2 heterocycles. The number of hydrogen-bond acceptors (Lipinski definition) is 4. The molecule has 0 aliphatic heterocycles. The second kappa shape index (κ2) is 10.1. The molecule has 0 unspecified atom stereocenters. The van der Waals surface area contributed by atoms with Gasteiger partial charge in [0, 0.05) is 34.6 Å². The van der Waals surface area contributed by atoms with Crippen molar-refractivity contribution in [2.45, 2.75) is 33.0 Å². The molecule has 0 aliphatic rings. The minimum atomic E-state index is -0.188. The molecule has 2 aromatic carbocycles. The molecule has 0 bridgehead atoms. The van der Waals surface area contributed by atoms with Crippen LogP contribution in [0.15, 0.2) is 65.5 Å². The Balaban J connectivity index is 1.31. The van der Waals surface area contributed by atoms with E-state index in [1.807, 2.05) is 50.2 Å². The maximum atomic E-state index is 12.7. The zero-order valence-corrected chi connectivity index (χ0v) is 19.8. The van der Waals surface area contributed by atoms with E-state index < -0.39 is 0 Å². The van der Waals surface area contributed by atoms with Gasteiger partial charge in [-0.2, -0.15) is 0 Å². The number of aromatic nitrogens is 1. The minimum absolute atomic E-state index is 0.162. The Kier molecular flexibility index (Phi) is 7.06. The third kappa shape index (κ3) is 5.78. The molecule has 6 nitrogen and oxygen atoms in total. The van der Waals surface area contributed by atoms with Crippen molar-refractivity contribution in [3.05, 3.63) is 88.5 Å². The molecule has 7 heteroatoms. The fourth-order valence-electron chi connectivity index (χ4n) is 3.90. The summed E-state index contributed by atoms with van der Waals surface area (Å²) in [6.07, 6.45) is 3.26. The summed E-state index contributed by atoms with van der Waals surface area (Å²) in [7, 11) is 2.07. The van der Waals surface area contributed by atoms with Crippen molar-refractivity contribution in [3.8, 4) is 5.75 Å². The second-order valence-electron chi connectivity index (χ2n) is 8.40. The van der Waals surface area contributed by atoms with Gasteiger partial charge < -0.3 is 19.5 Å². The van der Waals surface area contributed by atoms with Crippen molar-refractivity contribution >= 4 is 28.4 Å². The lowest BCUT2D eigenvalue weighted by molar-refractivity contribution is 0.0927. The molecule has 0 aliphatic carbocycles. The number of amides is 1. The number of halogens is 1. The highest BCUT2D eigenvalue weighted by Crippen LogP contribution is 2.25. The first-order chi connectivity index (χ1) is 15.9. The molecule has 0 radical (unpaired) electrons. The Labute approximate surface area is 198 Å². The van der Waals surface area contributed by atoms with E-state index in [2.05, 4.69) is 28.3 Å². The van der Waals surface area contributed by atoms with Gasteiger partial charge in [0.2, 0.25) is 0 Å². The average molecular weight is 466 g/mol. The van der Waals surface area contributed by atoms with Crippen molar-refractivity contribution in [1.29, 1.82) is 0 Å². The summed E-state index contributed by atoms with van der Waals surface area (Å²) in [5.74, 6) is 0.618. The van der Waals surface area contributed by atoms with E-state index in [-0.39, 0.29) is 12.0 Å². The summed E-state index contributed by atoms with van der Waals surface area (Å²) in [5, 5.41) is 4.56. The number of rotatable bonds is 9. The number of nitrogens with one attached hydrogen (secondary N) is 2. The summed E-state index contributed by atoms with van der Waals surface area (Å²) in [5.41, 5.74) is 4.61. The van der Waals surface area contributed by atoms with Gasteiger partial charge in [-0.3, -0.25) is 9.69 Å². The Bertz CT molecular complexity index is 1230. The zero-order valence-electron chi connectivity index (χ0n) is 19.0. The minimum Gasteiger partial charge on any atom is -0.489 e. The Hall–Kier alpha value is -3.22. The normalized spacial score (nSPS) is 12.3. The van der Waals surface area contributed by atoms with Gasteiger partial charge in [-0.1, -0.05) is 23.7 Å². The Morgan fingerprint density at radius 3 is 2.79 bits per heavy atom. The van der Waals surface area contributed by atoms with E-state index in [9.17, 15) is 4.79 Å². The SMILES string of the molecule is Cc1c(C(=O)NC[C@H](C)Oc2cccc(CN(C)Cc3ccoc3)c2)[nH]c2ccc(Cl)cc12.